The van der Waals surface area contributed by atoms with E-state index in [1.807, 2.05) is 55.5 Å². The predicted octanol–water partition coefficient (Wildman–Crippen LogP) is 2.51. The van der Waals surface area contributed by atoms with Crippen LogP contribution in [-0.4, -0.2) is 19.1 Å². The lowest BCUT2D eigenvalue weighted by molar-refractivity contribution is -0.115. The summed E-state index contributed by atoms with van der Waals surface area (Å²) in [5.74, 6) is 0.720. The van der Waals surface area contributed by atoms with Crippen molar-refractivity contribution >= 4 is 11.6 Å². The van der Waals surface area contributed by atoms with E-state index in [1.54, 1.807) is 0 Å². The van der Waals surface area contributed by atoms with Gasteiger partial charge in [0.05, 0.1) is 6.42 Å². The second-order valence-corrected chi connectivity index (χ2v) is 4.81. The zero-order valence-electron chi connectivity index (χ0n) is 12.1. The van der Waals surface area contributed by atoms with Gasteiger partial charge in [-0.1, -0.05) is 24.3 Å². The molecule has 1 amide bonds. The highest BCUT2D eigenvalue weighted by Gasteiger charge is 2.06. The predicted molar refractivity (Wildman–Crippen MR) is 84.5 cm³/mol. The number of rotatable bonds is 6. The van der Waals surface area contributed by atoms with Gasteiger partial charge < -0.3 is 15.8 Å². The van der Waals surface area contributed by atoms with Gasteiger partial charge in [-0.05, 0) is 42.3 Å². The largest absolute Gasteiger partial charge is 0.492 e. The number of ether oxygens (including phenoxy) is 1. The second kappa shape index (κ2) is 7.45. The molecule has 3 N–H and O–H groups in total. The molecule has 4 heteroatoms. The van der Waals surface area contributed by atoms with Crippen LogP contribution in [0.25, 0.3) is 0 Å². The Labute approximate surface area is 124 Å². The number of amides is 1. The molecule has 0 unspecified atom stereocenters. The summed E-state index contributed by atoms with van der Waals surface area (Å²) in [5.41, 5.74) is 8.30. The zero-order chi connectivity index (χ0) is 15.1. The summed E-state index contributed by atoms with van der Waals surface area (Å²) < 4.78 is 5.39. The Balaban J connectivity index is 1.92. The summed E-state index contributed by atoms with van der Waals surface area (Å²) in [7, 11) is 0. The fraction of sp³-hybridized carbons (Fsp3) is 0.235. The van der Waals surface area contributed by atoms with Crippen molar-refractivity contribution in [2.45, 2.75) is 13.3 Å². The highest BCUT2D eigenvalue weighted by Crippen LogP contribution is 2.16. The maximum absolute atomic E-state index is 12.0. The van der Waals surface area contributed by atoms with E-state index in [4.69, 9.17) is 10.5 Å². The average molecular weight is 284 g/mol. The van der Waals surface area contributed by atoms with Gasteiger partial charge in [0, 0.05) is 12.2 Å². The summed E-state index contributed by atoms with van der Waals surface area (Å²) in [6.45, 7) is 2.97. The molecule has 2 rings (SSSR count). The minimum atomic E-state index is -0.0278. The molecule has 110 valence electrons. The molecule has 0 fully saturated rings. The third-order valence-corrected chi connectivity index (χ3v) is 3.14. The summed E-state index contributed by atoms with van der Waals surface area (Å²) in [6.07, 6.45) is 0.373. The first-order valence-electron chi connectivity index (χ1n) is 6.96. The fourth-order valence-electron chi connectivity index (χ4n) is 2.00. The molecule has 0 atom stereocenters. The molecule has 0 aliphatic heterocycles. The van der Waals surface area contributed by atoms with Gasteiger partial charge in [0.25, 0.3) is 0 Å². The van der Waals surface area contributed by atoms with E-state index in [1.165, 1.54) is 0 Å². The van der Waals surface area contributed by atoms with Crippen LogP contribution < -0.4 is 15.8 Å². The molecule has 2 aromatic rings. The second-order valence-electron chi connectivity index (χ2n) is 4.81. The van der Waals surface area contributed by atoms with Crippen LogP contribution in [0.3, 0.4) is 0 Å². The number of nitrogens with two attached hydrogens (primary N) is 1. The van der Waals surface area contributed by atoms with Crippen molar-refractivity contribution in [3.05, 3.63) is 59.7 Å². The van der Waals surface area contributed by atoms with Crippen molar-refractivity contribution in [3.8, 4) is 5.75 Å². The van der Waals surface area contributed by atoms with Gasteiger partial charge >= 0.3 is 0 Å². The van der Waals surface area contributed by atoms with Gasteiger partial charge in [0.1, 0.15) is 12.4 Å². The standard InChI is InChI=1S/C17H20N2O2/c1-13-4-2-3-5-14(13)12-17(20)19-15-6-8-16(9-7-15)21-11-10-18/h2-9H,10-12,18H2,1H3,(H,19,20). The zero-order valence-corrected chi connectivity index (χ0v) is 12.1. The molecule has 0 aliphatic rings. The van der Waals surface area contributed by atoms with Crippen LogP contribution >= 0.6 is 0 Å². The molecule has 0 aromatic heterocycles. The molecule has 0 saturated heterocycles. The molecule has 0 saturated carbocycles. The van der Waals surface area contributed by atoms with Crippen LogP contribution in [0.2, 0.25) is 0 Å². The number of benzene rings is 2. The molecular weight excluding hydrogens is 264 g/mol. The normalized spacial score (nSPS) is 10.2. The van der Waals surface area contributed by atoms with E-state index in [2.05, 4.69) is 5.32 Å². The lowest BCUT2D eigenvalue weighted by atomic mass is 10.1. The van der Waals surface area contributed by atoms with Crippen LogP contribution in [0, 0.1) is 6.92 Å². The van der Waals surface area contributed by atoms with E-state index < -0.39 is 0 Å². The smallest absolute Gasteiger partial charge is 0.228 e. The summed E-state index contributed by atoms with van der Waals surface area (Å²) in [6, 6.07) is 15.2. The van der Waals surface area contributed by atoms with Crippen LogP contribution in [0.15, 0.2) is 48.5 Å². The molecule has 0 radical (unpaired) electrons. The molecule has 4 nitrogen and oxygen atoms in total. The molecule has 21 heavy (non-hydrogen) atoms. The van der Waals surface area contributed by atoms with E-state index in [9.17, 15) is 4.79 Å². The van der Waals surface area contributed by atoms with Crippen LogP contribution in [0.5, 0.6) is 5.75 Å². The highest BCUT2D eigenvalue weighted by atomic mass is 16.5. The van der Waals surface area contributed by atoms with Crippen molar-refractivity contribution in [1.82, 2.24) is 0 Å². The molecule has 0 aliphatic carbocycles. The number of aryl methyl sites for hydroxylation is 1. The summed E-state index contributed by atoms with van der Waals surface area (Å²) in [4.78, 5) is 12.0. The summed E-state index contributed by atoms with van der Waals surface area (Å²) >= 11 is 0. The lowest BCUT2D eigenvalue weighted by Gasteiger charge is -2.09. The minimum absolute atomic E-state index is 0.0278. The monoisotopic (exact) mass is 284 g/mol. The Kier molecular flexibility index (Phi) is 5.35. The van der Waals surface area contributed by atoms with Gasteiger partial charge in [-0.2, -0.15) is 0 Å². The third kappa shape index (κ3) is 4.61. The Morgan fingerprint density at radius 2 is 1.86 bits per heavy atom. The van der Waals surface area contributed by atoms with Crippen molar-refractivity contribution in [1.29, 1.82) is 0 Å². The number of hydrogen-bond donors (Lipinski definition) is 2. The molecule has 0 bridgehead atoms. The first-order chi connectivity index (χ1) is 10.2. The third-order valence-electron chi connectivity index (χ3n) is 3.14. The molecule has 0 spiro atoms. The number of nitrogens with one attached hydrogen (secondary N) is 1. The van der Waals surface area contributed by atoms with Crippen LogP contribution in [0.4, 0.5) is 5.69 Å². The Hall–Kier alpha value is -2.33. The molecule has 0 heterocycles. The van der Waals surface area contributed by atoms with Crippen molar-refractivity contribution in [3.63, 3.8) is 0 Å². The number of anilines is 1. The topological polar surface area (TPSA) is 64.3 Å². The average Bonchev–Trinajstić information content (AvgIpc) is 2.49. The Morgan fingerprint density at radius 1 is 1.14 bits per heavy atom. The highest BCUT2D eigenvalue weighted by molar-refractivity contribution is 5.92. The maximum atomic E-state index is 12.0. The Bertz CT molecular complexity index is 594. The van der Waals surface area contributed by atoms with Crippen molar-refractivity contribution in [2.24, 2.45) is 5.73 Å². The fourth-order valence-corrected chi connectivity index (χ4v) is 2.00. The number of hydrogen-bond acceptors (Lipinski definition) is 3. The SMILES string of the molecule is Cc1ccccc1CC(=O)Nc1ccc(OCCN)cc1. The first kappa shape index (κ1) is 15.1. The van der Waals surface area contributed by atoms with Crippen molar-refractivity contribution in [2.75, 3.05) is 18.5 Å². The van der Waals surface area contributed by atoms with E-state index >= 15 is 0 Å². The van der Waals surface area contributed by atoms with E-state index in [0.29, 0.717) is 19.6 Å². The van der Waals surface area contributed by atoms with Gasteiger partial charge in [-0.3, -0.25) is 4.79 Å². The maximum Gasteiger partial charge on any atom is 0.228 e. The summed E-state index contributed by atoms with van der Waals surface area (Å²) in [5, 5.41) is 2.88. The van der Waals surface area contributed by atoms with E-state index in [0.717, 1.165) is 22.6 Å². The quantitative estimate of drug-likeness (QED) is 0.856. The molecule has 2 aromatic carbocycles. The van der Waals surface area contributed by atoms with Gasteiger partial charge in [-0.25, -0.2) is 0 Å². The lowest BCUT2D eigenvalue weighted by Crippen LogP contribution is -2.15. The minimum Gasteiger partial charge on any atom is -0.492 e. The number of carbonyl (C=O) groups excluding carboxylic acids is 1. The first-order valence-corrected chi connectivity index (χ1v) is 6.96. The van der Waals surface area contributed by atoms with Gasteiger partial charge in [0.15, 0.2) is 0 Å². The van der Waals surface area contributed by atoms with E-state index in [-0.39, 0.29) is 5.91 Å². The van der Waals surface area contributed by atoms with Gasteiger partial charge in [-0.15, -0.1) is 0 Å². The Morgan fingerprint density at radius 3 is 2.52 bits per heavy atom. The molecular formula is C17H20N2O2. The van der Waals surface area contributed by atoms with Crippen LogP contribution in [0.1, 0.15) is 11.1 Å². The van der Waals surface area contributed by atoms with Crippen LogP contribution in [-0.2, 0) is 11.2 Å². The van der Waals surface area contributed by atoms with Crippen molar-refractivity contribution < 1.29 is 9.53 Å². The van der Waals surface area contributed by atoms with Gasteiger partial charge in [0.2, 0.25) is 5.91 Å². The number of carbonyl (C=O) groups is 1.